The van der Waals surface area contributed by atoms with E-state index in [9.17, 15) is 14.0 Å². The van der Waals surface area contributed by atoms with Gasteiger partial charge in [0.15, 0.2) is 0 Å². The number of esters is 1. The van der Waals surface area contributed by atoms with E-state index >= 15 is 0 Å². The van der Waals surface area contributed by atoms with Gasteiger partial charge in [-0.1, -0.05) is 17.7 Å². The molecule has 1 heterocycles. The lowest BCUT2D eigenvalue weighted by molar-refractivity contribution is -0.141. The number of rotatable bonds is 12. The Kier molecular flexibility index (Phi) is 10.2. The van der Waals surface area contributed by atoms with Crippen LogP contribution in [0.25, 0.3) is 10.9 Å². The summed E-state index contributed by atoms with van der Waals surface area (Å²) < 4.78 is 24.2. The molecule has 0 aliphatic rings. The molecule has 1 amide bonds. The zero-order chi connectivity index (χ0) is 26.8. The van der Waals surface area contributed by atoms with Gasteiger partial charge in [0.2, 0.25) is 5.91 Å². The van der Waals surface area contributed by atoms with E-state index in [1.165, 1.54) is 31.5 Å². The van der Waals surface area contributed by atoms with Crippen molar-refractivity contribution in [2.75, 3.05) is 44.0 Å². The summed E-state index contributed by atoms with van der Waals surface area (Å²) in [5.74, 6) is -0.225. The van der Waals surface area contributed by atoms with Crippen LogP contribution in [0.2, 0.25) is 5.02 Å². The lowest BCUT2D eigenvalue weighted by Crippen LogP contribution is -2.21. The van der Waals surface area contributed by atoms with E-state index in [1.54, 1.807) is 24.3 Å². The van der Waals surface area contributed by atoms with Gasteiger partial charge in [0.1, 0.15) is 23.7 Å². The van der Waals surface area contributed by atoms with Gasteiger partial charge in [0.25, 0.3) is 0 Å². The zero-order valence-corrected chi connectivity index (χ0v) is 21.6. The number of carbonyl (C=O) groups is 2. The van der Waals surface area contributed by atoms with Crippen LogP contribution in [0.3, 0.4) is 0 Å². The van der Waals surface area contributed by atoms with Gasteiger partial charge in [-0.3, -0.25) is 9.59 Å². The average molecular weight is 530 g/mol. The number of hydrogen-bond acceptors (Lipinski definition) is 8. The maximum absolute atomic E-state index is 13.5. The molecule has 37 heavy (non-hydrogen) atoms. The van der Waals surface area contributed by atoms with Gasteiger partial charge in [0.05, 0.1) is 29.4 Å². The van der Waals surface area contributed by atoms with Gasteiger partial charge in [-0.25, -0.2) is 14.4 Å². The quantitative estimate of drug-likeness (QED) is 0.193. The molecule has 0 spiro atoms. The lowest BCUT2D eigenvalue weighted by Gasteiger charge is -2.15. The summed E-state index contributed by atoms with van der Waals surface area (Å²) in [5.41, 5.74) is 1.59. The van der Waals surface area contributed by atoms with Gasteiger partial charge in [0, 0.05) is 43.2 Å². The Morgan fingerprint density at radius 2 is 2.03 bits per heavy atom. The summed E-state index contributed by atoms with van der Waals surface area (Å²) in [4.78, 5) is 34.1. The van der Waals surface area contributed by atoms with E-state index in [4.69, 9.17) is 21.1 Å². The topological polar surface area (TPSA) is 106 Å². The Morgan fingerprint density at radius 1 is 1.22 bits per heavy atom. The van der Waals surface area contributed by atoms with Crippen molar-refractivity contribution in [2.24, 2.45) is 0 Å². The summed E-state index contributed by atoms with van der Waals surface area (Å²) in [7, 11) is 1.91. The van der Waals surface area contributed by atoms with Crippen molar-refractivity contribution < 1.29 is 23.5 Å². The average Bonchev–Trinajstić information content (AvgIpc) is 2.85. The van der Waals surface area contributed by atoms with Crippen LogP contribution in [-0.4, -0.2) is 60.1 Å². The molecule has 0 saturated carbocycles. The zero-order valence-electron chi connectivity index (χ0n) is 20.9. The van der Waals surface area contributed by atoms with E-state index in [0.717, 1.165) is 0 Å². The van der Waals surface area contributed by atoms with Gasteiger partial charge in [-0.2, -0.15) is 0 Å². The molecule has 0 aliphatic carbocycles. The van der Waals surface area contributed by atoms with Crippen molar-refractivity contribution in [3.05, 3.63) is 59.7 Å². The summed E-state index contributed by atoms with van der Waals surface area (Å²) in [6.07, 6.45) is 5.29. The van der Waals surface area contributed by atoms with Gasteiger partial charge >= 0.3 is 5.97 Å². The van der Waals surface area contributed by atoms with Gasteiger partial charge in [-0.05, 0) is 44.7 Å². The van der Waals surface area contributed by atoms with Crippen LogP contribution in [0, 0.1) is 5.82 Å². The number of fused-ring (bicyclic) bond motifs is 1. The molecule has 0 unspecified atom stereocenters. The van der Waals surface area contributed by atoms with Crippen molar-refractivity contribution in [3.63, 3.8) is 0 Å². The smallest absolute Gasteiger partial charge is 0.302 e. The maximum atomic E-state index is 13.5. The van der Waals surface area contributed by atoms with Crippen molar-refractivity contribution in [1.82, 2.24) is 14.9 Å². The Hall–Kier alpha value is -3.76. The molecule has 196 valence electrons. The molecule has 0 saturated heterocycles. The molecule has 2 aromatic carbocycles. The number of halogens is 2. The highest BCUT2D eigenvalue weighted by Gasteiger charge is 2.13. The van der Waals surface area contributed by atoms with Crippen LogP contribution < -0.4 is 15.4 Å². The number of amides is 1. The Bertz CT molecular complexity index is 1290. The Morgan fingerprint density at radius 3 is 2.76 bits per heavy atom. The molecule has 1 aromatic heterocycles. The third-order valence-electron chi connectivity index (χ3n) is 5.15. The first-order valence-corrected chi connectivity index (χ1v) is 12.1. The fourth-order valence-electron chi connectivity index (χ4n) is 3.42. The molecule has 3 rings (SSSR count). The first-order chi connectivity index (χ1) is 17.8. The molecule has 0 bridgehead atoms. The highest BCUT2D eigenvalue weighted by molar-refractivity contribution is 6.31. The van der Waals surface area contributed by atoms with Crippen LogP contribution in [0.5, 0.6) is 5.75 Å². The van der Waals surface area contributed by atoms with Crippen LogP contribution >= 0.6 is 11.6 Å². The number of benzene rings is 2. The van der Waals surface area contributed by atoms with Crippen molar-refractivity contribution in [3.8, 4) is 5.75 Å². The highest BCUT2D eigenvalue weighted by Crippen LogP contribution is 2.33. The minimum absolute atomic E-state index is 0.0169. The molecule has 2 N–H and O–H groups in total. The summed E-state index contributed by atoms with van der Waals surface area (Å²) in [5, 5.41) is 6.58. The van der Waals surface area contributed by atoms with Crippen LogP contribution in [0.4, 0.5) is 21.6 Å². The van der Waals surface area contributed by atoms with E-state index in [1.807, 2.05) is 18.9 Å². The first-order valence-electron chi connectivity index (χ1n) is 11.7. The molecule has 11 heteroatoms. The van der Waals surface area contributed by atoms with E-state index in [2.05, 4.69) is 20.6 Å². The van der Waals surface area contributed by atoms with Crippen molar-refractivity contribution >= 4 is 51.6 Å². The predicted molar refractivity (Wildman–Crippen MR) is 142 cm³/mol. The highest BCUT2D eigenvalue weighted by atomic mass is 35.5. The second kappa shape index (κ2) is 13.5. The third kappa shape index (κ3) is 8.40. The summed E-state index contributed by atoms with van der Waals surface area (Å²) in [6.45, 7) is 5.24. The number of hydrogen-bond donors (Lipinski definition) is 2. The SMILES string of the molecule is CCOc1cc2ncnc(Nc3ccc(F)c(Cl)c3)c2cc1NC(=O)/C=C/CN(C)CCCOC(C)=O. The molecular weight excluding hydrogens is 501 g/mol. The number of likely N-dealkylation sites (N-methyl/N-ethyl adjacent to an activating group) is 1. The van der Waals surface area contributed by atoms with Crippen LogP contribution in [0.15, 0.2) is 48.8 Å². The number of anilines is 3. The largest absolute Gasteiger partial charge is 0.492 e. The summed E-state index contributed by atoms with van der Waals surface area (Å²) in [6, 6.07) is 7.71. The van der Waals surface area contributed by atoms with Crippen molar-refractivity contribution in [1.29, 1.82) is 0 Å². The fourth-order valence-corrected chi connectivity index (χ4v) is 3.60. The number of aromatic nitrogens is 2. The number of nitrogens with one attached hydrogen (secondary N) is 2. The monoisotopic (exact) mass is 529 g/mol. The Balaban J connectivity index is 1.73. The second-order valence-electron chi connectivity index (χ2n) is 8.12. The van der Waals surface area contributed by atoms with Gasteiger partial charge < -0.3 is 25.0 Å². The molecule has 0 radical (unpaired) electrons. The fraction of sp³-hybridized carbons (Fsp3) is 0.308. The minimum atomic E-state index is -0.521. The predicted octanol–water partition coefficient (Wildman–Crippen LogP) is 4.94. The molecule has 0 fully saturated rings. The molecule has 9 nitrogen and oxygen atoms in total. The van der Waals surface area contributed by atoms with E-state index in [0.29, 0.717) is 66.6 Å². The van der Waals surface area contributed by atoms with Crippen molar-refractivity contribution in [2.45, 2.75) is 20.3 Å². The van der Waals surface area contributed by atoms with Crippen LogP contribution in [0.1, 0.15) is 20.3 Å². The second-order valence-corrected chi connectivity index (χ2v) is 8.53. The van der Waals surface area contributed by atoms with Gasteiger partial charge in [-0.15, -0.1) is 0 Å². The number of nitrogens with zero attached hydrogens (tertiary/aromatic N) is 3. The number of carbonyl (C=O) groups excluding carboxylic acids is 2. The molecule has 0 aliphatic heterocycles. The normalized spacial score (nSPS) is 11.2. The number of ether oxygens (including phenoxy) is 2. The molecular formula is C26H29ClFN5O4. The summed E-state index contributed by atoms with van der Waals surface area (Å²) >= 11 is 5.90. The van der Waals surface area contributed by atoms with E-state index < -0.39 is 5.82 Å². The molecule has 3 aromatic rings. The lowest BCUT2D eigenvalue weighted by atomic mass is 10.1. The minimum Gasteiger partial charge on any atom is -0.492 e. The van der Waals surface area contributed by atoms with Crippen LogP contribution in [-0.2, 0) is 14.3 Å². The van der Waals surface area contributed by atoms with E-state index in [-0.39, 0.29) is 16.9 Å². The maximum Gasteiger partial charge on any atom is 0.302 e. The molecule has 0 atom stereocenters. The Labute approximate surface area is 219 Å². The first kappa shape index (κ1) is 27.8. The third-order valence-corrected chi connectivity index (χ3v) is 5.44. The standard InChI is InChI=1S/C26H29ClFN5O4/c1-4-36-24-15-22-19(26(30-16-29-22)31-18-8-9-21(28)20(27)13-18)14-23(24)32-25(35)7-5-10-33(3)11-6-12-37-17(2)34/h5,7-9,13-16H,4,6,10-12H2,1-3H3,(H,32,35)(H,29,30,31)/b7-5+.